The van der Waals surface area contributed by atoms with E-state index < -0.39 is 9.84 Å². The first kappa shape index (κ1) is 26.0. The summed E-state index contributed by atoms with van der Waals surface area (Å²) in [5.74, 6) is 0.367. The number of hydrogen-bond donors (Lipinski definition) is 0. The Labute approximate surface area is 165 Å². The highest BCUT2D eigenvalue weighted by atomic mass is 32.2. The van der Waals surface area contributed by atoms with E-state index in [0.29, 0.717) is 5.75 Å². The number of rotatable bonds is 21. The monoisotopic (exact) mass is 388 g/mol. The molecule has 0 atom stereocenters. The quantitative estimate of drug-likeness (QED) is 0.188. The Balaban J connectivity index is 3.03. The third kappa shape index (κ3) is 23.9. The van der Waals surface area contributed by atoms with Gasteiger partial charge in [-0.1, -0.05) is 129 Å². The molecule has 0 spiro atoms. The molecule has 0 N–H and O–H groups in total. The minimum atomic E-state index is -2.75. The first-order chi connectivity index (χ1) is 12.6. The molecule has 0 aliphatic carbocycles. The molecule has 0 amide bonds. The average Bonchev–Trinajstić information content (AvgIpc) is 2.59. The van der Waals surface area contributed by atoms with Gasteiger partial charge in [0.2, 0.25) is 0 Å². The van der Waals surface area contributed by atoms with Crippen LogP contribution in [0.15, 0.2) is 0 Å². The van der Waals surface area contributed by atoms with Gasteiger partial charge in [-0.15, -0.1) is 0 Å². The normalized spacial score (nSPS) is 11.9. The second kappa shape index (κ2) is 19.7. The van der Waals surface area contributed by atoms with Crippen molar-refractivity contribution in [2.24, 2.45) is 0 Å². The van der Waals surface area contributed by atoms with E-state index in [1.807, 2.05) is 0 Å². The van der Waals surface area contributed by atoms with E-state index in [1.54, 1.807) is 0 Å². The SMILES string of the molecule is CCCCCCCCCCCCCCCCCCCCCCS(C)(=O)=O. The highest BCUT2D eigenvalue weighted by Crippen LogP contribution is 2.14. The Morgan fingerprint density at radius 3 is 0.885 bits per heavy atom. The van der Waals surface area contributed by atoms with Crippen LogP contribution in [0.5, 0.6) is 0 Å². The molecule has 0 aromatic carbocycles. The fraction of sp³-hybridized carbons (Fsp3) is 1.00. The van der Waals surface area contributed by atoms with Gasteiger partial charge in [-0.3, -0.25) is 0 Å². The summed E-state index contributed by atoms with van der Waals surface area (Å²) in [6.45, 7) is 2.28. The Hall–Kier alpha value is -0.0500. The summed E-state index contributed by atoms with van der Waals surface area (Å²) in [5.41, 5.74) is 0. The maximum Gasteiger partial charge on any atom is 0.147 e. The molecule has 0 heterocycles. The van der Waals surface area contributed by atoms with E-state index in [-0.39, 0.29) is 0 Å². The minimum Gasteiger partial charge on any atom is -0.229 e. The first-order valence-electron chi connectivity index (χ1n) is 11.7. The summed E-state index contributed by atoms with van der Waals surface area (Å²) in [7, 11) is -2.75. The van der Waals surface area contributed by atoms with E-state index in [9.17, 15) is 8.42 Å². The van der Waals surface area contributed by atoms with Crippen molar-refractivity contribution in [3.8, 4) is 0 Å². The van der Waals surface area contributed by atoms with Crippen molar-refractivity contribution in [1.29, 1.82) is 0 Å². The van der Waals surface area contributed by atoms with Gasteiger partial charge in [-0.05, 0) is 6.42 Å². The van der Waals surface area contributed by atoms with Gasteiger partial charge in [0, 0.05) is 12.0 Å². The fourth-order valence-corrected chi connectivity index (χ4v) is 4.35. The van der Waals surface area contributed by atoms with Crippen molar-refractivity contribution in [2.75, 3.05) is 12.0 Å². The van der Waals surface area contributed by atoms with Crippen molar-refractivity contribution in [1.82, 2.24) is 0 Å². The van der Waals surface area contributed by atoms with Gasteiger partial charge >= 0.3 is 0 Å². The van der Waals surface area contributed by atoms with Crippen LogP contribution >= 0.6 is 0 Å². The summed E-state index contributed by atoms with van der Waals surface area (Å²) in [4.78, 5) is 0. The summed E-state index contributed by atoms with van der Waals surface area (Å²) >= 11 is 0. The van der Waals surface area contributed by atoms with Crippen molar-refractivity contribution >= 4 is 9.84 Å². The van der Waals surface area contributed by atoms with Crippen LogP contribution in [0.1, 0.15) is 135 Å². The van der Waals surface area contributed by atoms with E-state index in [0.717, 1.165) is 12.8 Å². The molecule has 0 aliphatic heterocycles. The predicted octanol–water partition coefficient (Wildman–Crippen LogP) is 7.85. The lowest BCUT2D eigenvalue weighted by molar-refractivity contribution is 0.522. The Bertz CT molecular complexity index is 362. The Morgan fingerprint density at radius 1 is 0.423 bits per heavy atom. The molecular weight excluding hydrogens is 340 g/mol. The lowest BCUT2D eigenvalue weighted by Gasteiger charge is -2.04. The van der Waals surface area contributed by atoms with Gasteiger partial charge in [0.1, 0.15) is 9.84 Å². The van der Waals surface area contributed by atoms with Gasteiger partial charge in [0.15, 0.2) is 0 Å². The molecule has 0 fully saturated rings. The third-order valence-electron chi connectivity index (χ3n) is 5.37. The van der Waals surface area contributed by atoms with Crippen LogP contribution < -0.4 is 0 Å². The van der Waals surface area contributed by atoms with Gasteiger partial charge in [0.05, 0.1) is 0 Å². The van der Waals surface area contributed by atoms with Crippen LogP contribution in [0.25, 0.3) is 0 Å². The van der Waals surface area contributed by atoms with Gasteiger partial charge < -0.3 is 0 Å². The number of unbranched alkanes of at least 4 members (excludes halogenated alkanes) is 19. The van der Waals surface area contributed by atoms with Gasteiger partial charge in [0.25, 0.3) is 0 Å². The highest BCUT2D eigenvalue weighted by Gasteiger charge is 2.00. The molecule has 0 rings (SSSR count). The molecule has 0 saturated heterocycles. The smallest absolute Gasteiger partial charge is 0.147 e. The molecule has 2 nitrogen and oxygen atoms in total. The number of hydrogen-bond acceptors (Lipinski definition) is 2. The number of sulfone groups is 1. The van der Waals surface area contributed by atoms with Crippen LogP contribution in [0.4, 0.5) is 0 Å². The molecule has 0 bridgehead atoms. The maximum atomic E-state index is 11.0. The van der Waals surface area contributed by atoms with E-state index in [4.69, 9.17) is 0 Å². The van der Waals surface area contributed by atoms with Crippen molar-refractivity contribution in [2.45, 2.75) is 135 Å². The lowest BCUT2D eigenvalue weighted by Crippen LogP contribution is -2.02. The summed E-state index contributed by atoms with van der Waals surface area (Å²) in [5, 5.41) is 0. The zero-order valence-electron chi connectivity index (χ0n) is 18.1. The third-order valence-corrected chi connectivity index (χ3v) is 6.40. The highest BCUT2D eigenvalue weighted by molar-refractivity contribution is 7.90. The predicted molar refractivity (Wildman–Crippen MR) is 118 cm³/mol. The molecule has 26 heavy (non-hydrogen) atoms. The fourth-order valence-electron chi connectivity index (χ4n) is 3.62. The average molecular weight is 389 g/mol. The van der Waals surface area contributed by atoms with E-state index >= 15 is 0 Å². The molecule has 0 aromatic heterocycles. The van der Waals surface area contributed by atoms with Crippen LogP contribution in [0.3, 0.4) is 0 Å². The first-order valence-corrected chi connectivity index (χ1v) is 13.8. The van der Waals surface area contributed by atoms with Gasteiger partial charge in [-0.2, -0.15) is 0 Å². The van der Waals surface area contributed by atoms with Crippen molar-refractivity contribution in [3.63, 3.8) is 0 Å². The topological polar surface area (TPSA) is 34.1 Å². The standard InChI is InChI=1S/C23H48O2S/c1-3-4-5-6-7-8-9-10-11-12-13-14-15-16-17-18-19-20-21-22-23-26(2,24)25/h3-23H2,1-2H3. The summed E-state index contributed by atoms with van der Waals surface area (Å²) in [6, 6.07) is 0. The van der Waals surface area contributed by atoms with Gasteiger partial charge in [-0.25, -0.2) is 8.42 Å². The van der Waals surface area contributed by atoms with Crippen LogP contribution in [0.2, 0.25) is 0 Å². The lowest BCUT2D eigenvalue weighted by atomic mass is 10.0. The van der Waals surface area contributed by atoms with E-state index in [1.165, 1.54) is 122 Å². The Kier molecular flexibility index (Phi) is 19.7. The van der Waals surface area contributed by atoms with E-state index in [2.05, 4.69) is 6.92 Å². The largest absolute Gasteiger partial charge is 0.229 e. The van der Waals surface area contributed by atoms with Crippen LogP contribution in [0, 0.1) is 0 Å². The molecule has 158 valence electrons. The summed E-state index contributed by atoms with van der Waals surface area (Å²) in [6.07, 6.45) is 28.5. The van der Waals surface area contributed by atoms with Crippen molar-refractivity contribution < 1.29 is 8.42 Å². The molecule has 0 aliphatic rings. The molecule has 3 heteroatoms. The second-order valence-corrected chi connectivity index (χ2v) is 10.6. The molecule has 0 radical (unpaired) electrons. The molecule has 0 saturated carbocycles. The zero-order chi connectivity index (χ0) is 19.3. The minimum absolute atomic E-state index is 0.367. The molecular formula is C23H48O2S. The van der Waals surface area contributed by atoms with Crippen LogP contribution in [-0.2, 0) is 9.84 Å². The maximum absolute atomic E-state index is 11.0. The molecule has 0 unspecified atom stereocenters. The summed E-state index contributed by atoms with van der Waals surface area (Å²) < 4.78 is 22.0. The Morgan fingerprint density at radius 2 is 0.654 bits per heavy atom. The second-order valence-electron chi connectivity index (χ2n) is 8.35. The zero-order valence-corrected chi connectivity index (χ0v) is 18.9. The van der Waals surface area contributed by atoms with Crippen molar-refractivity contribution in [3.05, 3.63) is 0 Å². The molecule has 0 aromatic rings. The van der Waals surface area contributed by atoms with Crippen LogP contribution in [-0.4, -0.2) is 20.4 Å².